The second kappa shape index (κ2) is 6.05. The zero-order valence-electron chi connectivity index (χ0n) is 11.1. The van der Waals surface area contributed by atoms with Crippen LogP contribution in [-0.4, -0.2) is 25.7 Å². The highest BCUT2D eigenvalue weighted by atomic mass is 79.9. The topological polar surface area (TPSA) is 71.4 Å². The van der Waals surface area contributed by atoms with Crippen molar-refractivity contribution in [2.75, 3.05) is 6.26 Å². The minimum absolute atomic E-state index is 0.0323. The van der Waals surface area contributed by atoms with Crippen molar-refractivity contribution in [3.8, 4) is 0 Å². The molecule has 0 heterocycles. The molecule has 1 rings (SSSR count). The van der Waals surface area contributed by atoms with Crippen LogP contribution in [0.25, 0.3) is 0 Å². The fraction of sp³-hybridized carbons (Fsp3) is 0.462. The Morgan fingerprint density at radius 3 is 2.21 bits per heavy atom. The van der Waals surface area contributed by atoms with Gasteiger partial charge in [0.05, 0.1) is 10.5 Å². The highest BCUT2D eigenvalue weighted by Gasteiger charge is 2.23. The number of hydrogen-bond donors (Lipinski definition) is 1. The summed E-state index contributed by atoms with van der Waals surface area (Å²) >= 11 is 3.20. The minimum atomic E-state index is -3.46. The first-order chi connectivity index (χ1) is 8.72. The second-order valence-corrected chi connectivity index (χ2v) is 7.30. The molecule has 0 aliphatic heterocycles. The molecule has 0 bridgehead atoms. The van der Waals surface area contributed by atoms with E-state index in [1.807, 2.05) is 13.8 Å². The molecule has 19 heavy (non-hydrogen) atoms. The fourth-order valence-corrected chi connectivity index (χ4v) is 3.62. The molecule has 6 heteroatoms. The molecule has 0 radical (unpaired) electrons. The molecule has 106 valence electrons. The lowest BCUT2D eigenvalue weighted by molar-refractivity contribution is 0.0695. The van der Waals surface area contributed by atoms with E-state index in [1.165, 1.54) is 6.07 Å². The Labute approximate surface area is 121 Å². The first-order valence-electron chi connectivity index (χ1n) is 5.99. The number of aromatic carboxylic acids is 1. The Hall–Kier alpha value is -0.880. The molecule has 0 aromatic heterocycles. The van der Waals surface area contributed by atoms with Crippen molar-refractivity contribution in [2.24, 2.45) is 0 Å². The molecular weight excluding hydrogens is 332 g/mol. The third-order valence-electron chi connectivity index (χ3n) is 3.15. The third kappa shape index (κ3) is 3.57. The van der Waals surface area contributed by atoms with Gasteiger partial charge in [-0.15, -0.1) is 0 Å². The molecule has 0 spiro atoms. The number of carboxylic acid groups (broad SMARTS) is 1. The van der Waals surface area contributed by atoms with E-state index in [9.17, 15) is 13.2 Å². The summed E-state index contributed by atoms with van der Waals surface area (Å²) in [5, 5.41) is 9.07. The van der Waals surface area contributed by atoms with Crippen molar-refractivity contribution in [3.63, 3.8) is 0 Å². The highest BCUT2D eigenvalue weighted by molar-refractivity contribution is 9.10. The van der Waals surface area contributed by atoms with Gasteiger partial charge < -0.3 is 5.11 Å². The monoisotopic (exact) mass is 348 g/mol. The van der Waals surface area contributed by atoms with Crippen molar-refractivity contribution < 1.29 is 18.3 Å². The lowest BCUT2D eigenvalue weighted by Crippen LogP contribution is -2.10. The zero-order chi connectivity index (χ0) is 14.8. The molecule has 4 nitrogen and oxygen atoms in total. The largest absolute Gasteiger partial charge is 0.478 e. The number of hydrogen-bond acceptors (Lipinski definition) is 3. The first kappa shape index (κ1) is 16.2. The van der Waals surface area contributed by atoms with Gasteiger partial charge in [-0.1, -0.05) is 13.8 Å². The van der Waals surface area contributed by atoms with Crippen LogP contribution in [0.4, 0.5) is 0 Å². The molecule has 0 aliphatic rings. The van der Waals surface area contributed by atoms with Crippen LogP contribution in [-0.2, 0) is 9.84 Å². The predicted octanol–water partition coefficient (Wildman–Crippen LogP) is 3.45. The molecule has 0 aliphatic carbocycles. The molecule has 0 unspecified atom stereocenters. The first-order valence-corrected chi connectivity index (χ1v) is 8.67. The van der Waals surface area contributed by atoms with E-state index >= 15 is 0 Å². The van der Waals surface area contributed by atoms with Gasteiger partial charge in [0.1, 0.15) is 0 Å². The van der Waals surface area contributed by atoms with Crippen molar-refractivity contribution in [3.05, 3.63) is 27.7 Å². The number of carbonyl (C=O) groups is 1. The summed E-state index contributed by atoms with van der Waals surface area (Å²) in [5.41, 5.74) is 0.652. The van der Waals surface area contributed by atoms with Gasteiger partial charge in [-0.05, 0) is 52.4 Å². The molecule has 1 aromatic rings. The van der Waals surface area contributed by atoms with Crippen LogP contribution in [0.2, 0.25) is 0 Å². The van der Waals surface area contributed by atoms with Gasteiger partial charge >= 0.3 is 5.97 Å². The van der Waals surface area contributed by atoms with Crippen molar-refractivity contribution in [2.45, 2.75) is 37.5 Å². The normalized spacial score (nSPS) is 11.8. The Bertz CT molecular complexity index is 589. The third-order valence-corrected chi connectivity index (χ3v) is 4.96. The van der Waals surface area contributed by atoms with Crippen molar-refractivity contribution >= 4 is 31.7 Å². The zero-order valence-corrected chi connectivity index (χ0v) is 13.5. The van der Waals surface area contributed by atoms with Gasteiger partial charge in [0.15, 0.2) is 9.84 Å². The maximum atomic E-state index is 11.9. The fourth-order valence-electron chi connectivity index (χ4n) is 2.10. The molecule has 1 aromatic carbocycles. The van der Waals surface area contributed by atoms with Crippen LogP contribution < -0.4 is 0 Å². The molecule has 0 amide bonds. The van der Waals surface area contributed by atoms with Gasteiger partial charge in [-0.2, -0.15) is 0 Å². The van der Waals surface area contributed by atoms with Crippen LogP contribution in [0, 0.1) is 0 Å². The SMILES string of the molecule is CCC(CC)c1cc(Br)c(C(=O)O)cc1S(C)(=O)=O. The van der Waals surface area contributed by atoms with Gasteiger partial charge in [0.25, 0.3) is 0 Å². The van der Waals surface area contributed by atoms with Crippen LogP contribution >= 0.6 is 15.9 Å². The van der Waals surface area contributed by atoms with E-state index in [0.717, 1.165) is 19.1 Å². The van der Waals surface area contributed by atoms with E-state index < -0.39 is 15.8 Å². The van der Waals surface area contributed by atoms with Gasteiger partial charge in [-0.3, -0.25) is 0 Å². The van der Waals surface area contributed by atoms with Gasteiger partial charge in [-0.25, -0.2) is 13.2 Å². The number of benzene rings is 1. The minimum Gasteiger partial charge on any atom is -0.478 e. The molecule has 0 saturated carbocycles. The van der Waals surface area contributed by atoms with E-state index in [4.69, 9.17) is 5.11 Å². The van der Waals surface area contributed by atoms with E-state index in [0.29, 0.717) is 10.0 Å². The molecular formula is C13H17BrO4S. The lowest BCUT2D eigenvalue weighted by atomic mass is 9.93. The highest BCUT2D eigenvalue weighted by Crippen LogP contribution is 2.33. The summed E-state index contributed by atoms with van der Waals surface area (Å²) in [7, 11) is -3.46. The summed E-state index contributed by atoms with van der Waals surface area (Å²) in [6.07, 6.45) is 2.71. The van der Waals surface area contributed by atoms with E-state index in [-0.39, 0.29) is 16.4 Å². The lowest BCUT2D eigenvalue weighted by Gasteiger charge is -2.18. The quantitative estimate of drug-likeness (QED) is 0.884. The molecule has 0 fully saturated rings. The van der Waals surface area contributed by atoms with Crippen molar-refractivity contribution in [1.82, 2.24) is 0 Å². The number of rotatable bonds is 5. The van der Waals surface area contributed by atoms with Gasteiger partial charge in [0.2, 0.25) is 0 Å². The molecule has 0 saturated heterocycles. The van der Waals surface area contributed by atoms with Crippen LogP contribution in [0.15, 0.2) is 21.5 Å². The summed E-state index contributed by atoms with van der Waals surface area (Å²) < 4.78 is 24.1. The smallest absolute Gasteiger partial charge is 0.336 e. The van der Waals surface area contributed by atoms with Crippen molar-refractivity contribution in [1.29, 1.82) is 0 Å². The number of halogens is 1. The summed E-state index contributed by atoms with van der Waals surface area (Å²) in [4.78, 5) is 11.2. The summed E-state index contributed by atoms with van der Waals surface area (Å²) in [5.74, 6) is -1.04. The van der Waals surface area contributed by atoms with E-state index in [1.54, 1.807) is 6.07 Å². The standard InChI is InChI=1S/C13H17BrO4S/c1-4-8(5-2)9-6-11(14)10(13(15)16)7-12(9)19(3,17)18/h6-8H,4-5H2,1-3H3,(H,15,16). The summed E-state index contributed by atoms with van der Waals surface area (Å²) in [6, 6.07) is 2.87. The maximum Gasteiger partial charge on any atom is 0.336 e. The average molecular weight is 349 g/mol. The Morgan fingerprint density at radius 1 is 1.32 bits per heavy atom. The van der Waals surface area contributed by atoms with Crippen LogP contribution in [0.3, 0.4) is 0 Å². The average Bonchev–Trinajstić information content (AvgIpc) is 2.28. The number of carboxylic acids is 1. The Morgan fingerprint density at radius 2 is 1.84 bits per heavy atom. The molecule has 1 N–H and O–H groups in total. The Kier molecular flexibility index (Phi) is 5.15. The second-order valence-electron chi connectivity index (χ2n) is 4.46. The molecule has 0 atom stereocenters. The number of sulfone groups is 1. The van der Waals surface area contributed by atoms with Crippen LogP contribution in [0.5, 0.6) is 0 Å². The van der Waals surface area contributed by atoms with E-state index in [2.05, 4.69) is 15.9 Å². The van der Waals surface area contributed by atoms with Gasteiger partial charge in [0, 0.05) is 10.7 Å². The Balaban J connectivity index is 3.63. The van der Waals surface area contributed by atoms with Crippen LogP contribution in [0.1, 0.15) is 48.5 Å². The maximum absolute atomic E-state index is 11.9. The summed E-state index contributed by atoms with van der Waals surface area (Å²) in [6.45, 7) is 3.97. The predicted molar refractivity (Wildman–Crippen MR) is 77.5 cm³/mol.